The van der Waals surface area contributed by atoms with Crippen LogP contribution in [0.2, 0.25) is 0 Å². The Kier molecular flexibility index (Phi) is 5.92. The maximum Gasteiger partial charge on any atom is 0.323 e. The van der Waals surface area contributed by atoms with Crippen LogP contribution in [-0.2, 0) is 9.53 Å². The molecule has 1 rings (SSSR count). The number of hydrogen-bond acceptors (Lipinski definition) is 4. The largest absolute Gasteiger partial charge is 0.465 e. The van der Waals surface area contributed by atoms with Gasteiger partial charge in [0.05, 0.1) is 6.61 Å². The van der Waals surface area contributed by atoms with E-state index < -0.39 is 0 Å². The Morgan fingerprint density at radius 1 is 1.47 bits per heavy atom. The SMILES string of the molecule is CCCC(C(=O)OCC)N1CC(C)CC(N)C1. The second-order valence-electron chi connectivity index (χ2n) is 5.11. The summed E-state index contributed by atoms with van der Waals surface area (Å²) >= 11 is 0. The molecular formula is C13H26N2O2. The van der Waals surface area contributed by atoms with E-state index in [1.54, 1.807) is 0 Å². The summed E-state index contributed by atoms with van der Waals surface area (Å²) in [6, 6.07) is 0.0845. The van der Waals surface area contributed by atoms with Crippen LogP contribution in [0.15, 0.2) is 0 Å². The Morgan fingerprint density at radius 2 is 2.18 bits per heavy atom. The lowest BCUT2D eigenvalue weighted by Gasteiger charge is -2.38. The smallest absolute Gasteiger partial charge is 0.323 e. The molecule has 1 aliphatic rings. The highest BCUT2D eigenvalue weighted by Gasteiger charge is 2.32. The van der Waals surface area contributed by atoms with Gasteiger partial charge in [0.2, 0.25) is 0 Å². The molecule has 1 saturated heterocycles. The Labute approximate surface area is 104 Å². The zero-order chi connectivity index (χ0) is 12.8. The third kappa shape index (κ3) is 4.28. The molecule has 0 radical (unpaired) electrons. The van der Waals surface area contributed by atoms with Gasteiger partial charge in [0.1, 0.15) is 6.04 Å². The first-order chi connectivity index (χ1) is 8.08. The van der Waals surface area contributed by atoms with Crippen LogP contribution in [0, 0.1) is 5.92 Å². The van der Waals surface area contributed by atoms with E-state index in [0.717, 1.165) is 32.4 Å². The normalized spacial score (nSPS) is 27.8. The van der Waals surface area contributed by atoms with Gasteiger partial charge in [-0.2, -0.15) is 0 Å². The van der Waals surface area contributed by atoms with E-state index in [1.807, 2.05) is 6.92 Å². The van der Waals surface area contributed by atoms with Crippen molar-refractivity contribution in [3.63, 3.8) is 0 Å². The molecule has 0 spiro atoms. The minimum Gasteiger partial charge on any atom is -0.465 e. The highest BCUT2D eigenvalue weighted by Crippen LogP contribution is 2.20. The number of carbonyl (C=O) groups is 1. The van der Waals surface area contributed by atoms with Gasteiger partial charge in [0.15, 0.2) is 0 Å². The Bertz CT molecular complexity index is 236. The number of esters is 1. The van der Waals surface area contributed by atoms with E-state index in [4.69, 9.17) is 10.5 Å². The van der Waals surface area contributed by atoms with Crippen LogP contribution in [0.5, 0.6) is 0 Å². The summed E-state index contributed by atoms with van der Waals surface area (Å²) in [5, 5.41) is 0. The predicted octanol–water partition coefficient (Wildman–Crippen LogP) is 1.39. The van der Waals surface area contributed by atoms with Gasteiger partial charge in [-0.15, -0.1) is 0 Å². The average Bonchev–Trinajstić information content (AvgIpc) is 2.24. The van der Waals surface area contributed by atoms with E-state index in [9.17, 15) is 4.79 Å². The first-order valence-electron chi connectivity index (χ1n) is 6.74. The van der Waals surface area contributed by atoms with Crippen LogP contribution >= 0.6 is 0 Å². The summed E-state index contributed by atoms with van der Waals surface area (Å²) in [6.45, 7) is 8.37. The van der Waals surface area contributed by atoms with Crippen molar-refractivity contribution in [2.45, 2.75) is 52.1 Å². The summed E-state index contributed by atoms with van der Waals surface area (Å²) in [6.07, 6.45) is 2.90. The fraction of sp³-hybridized carbons (Fsp3) is 0.923. The highest BCUT2D eigenvalue weighted by molar-refractivity contribution is 5.75. The van der Waals surface area contributed by atoms with Gasteiger partial charge >= 0.3 is 5.97 Å². The molecule has 0 amide bonds. The Hall–Kier alpha value is -0.610. The molecule has 2 N–H and O–H groups in total. The van der Waals surface area contributed by atoms with Crippen molar-refractivity contribution in [1.29, 1.82) is 0 Å². The number of carbonyl (C=O) groups excluding carboxylic acids is 1. The highest BCUT2D eigenvalue weighted by atomic mass is 16.5. The molecule has 0 aromatic heterocycles. The number of hydrogen-bond donors (Lipinski definition) is 1. The fourth-order valence-electron chi connectivity index (χ4n) is 2.66. The monoisotopic (exact) mass is 242 g/mol. The molecule has 0 bridgehead atoms. The van der Waals surface area contributed by atoms with Crippen molar-refractivity contribution in [2.75, 3.05) is 19.7 Å². The van der Waals surface area contributed by atoms with Gasteiger partial charge in [-0.25, -0.2) is 0 Å². The second kappa shape index (κ2) is 6.97. The van der Waals surface area contributed by atoms with Crippen molar-refractivity contribution in [1.82, 2.24) is 4.90 Å². The number of piperidine rings is 1. The molecule has 0 aliphatic carbocycles. The van der Waals surface area contributed by atoms with Crippen LogP contribution < -0.4 is 5.73 Å². The second-order valence-corrected chi connectivity index (χ2v) is 5.11. The number of ether oxygens (including phenoxy) is 1. The van der Waals surface area contributed by atoms with Crippen molar-refractivity contribution in [2.24, 2.45) is 11.7 Å². The summed E-state index contributed by atoms with van der Waals surface area (Å²) < 4.78 is 5.16. The molecule has 1 heterocycles. The molecule has 3 unspecified atom stereocenters. The molecule has 3 atom stereocenters. The molecule has 1 aliphatic heterocycles. The number of likely N-dealkylation sites (tertiary alicyclic amines) is 1. The minimum absolute atomic E-state index is 0.0874. The minimum atomic E-state index is -0.103. The van der Waals surface area contributed by atoms with Gasteiger partial charge in [-0.05, 0) is 25.7 Å². The molecule has 100 valence electrons. The lowest BCUT2D eigenvalue weighted by Crippen LogP contribution is -2.53. The van der Waals surface area contributed by atoms with Crippen molar-refractivity contribution < 1.29 is 9.53 Å². The van der Waals surface area contributed by atoms with E-state index >= 15 is 0 Å². The van der Waals surface area contributed by atoms with Crippen LogP contribution in [0.3, 0.4) is 0 Å². The van der Waals surface area contributed by atoms with Gasteiger partial charge < -0.3 is 10.5 Å². The zero-order valence-corrected chi connectivity index (χ0v) is 11.3. The standard InChI is InChI=1S/C13H26N2O2/c1-4-6-12(13(16)17-5-2)15-8-10(3)7-11(14)9-15/h10-12H,4-9,14H2,1-3H3. The first-order valence-corrected chi connectivity index (χ1v) is 6.74. The quantitative estimate of drug-likeness (QED) is 0.740. The van der Waals surface area contributed by atoms with Gasteiger partial charge in [0.25, 0.3) is 0 Å². The Balaban J connectivity index is 2.65. The predicted molar refractivity (Wildman–Crippen MR) is 68.7 cm³/mol. The number of nitrogens with zero attached hydrogens (tertiary/aromatic N) is 1. The maximum atomic E-state index is 11.9. The molecule has 0 aromatic carbocycles. The summed E-state index contributed by atoms with van der Waals surface area (Å²) in [5.41, 5.74) is 6.03. The van der Waals surface area contributed by atoms with Crippen molar-refractivity contribution >= 4 is 5.97 Å². The lowest BCUT2D eigenvalue weighted by atomic mass is 9.94. The maximum absolute atomic E-state index is 11.9. The lowest BCUT2D eigenvalue weighted by molar-refractivity contribution is -0.150. The van der Waals surface area contributed by atoms with E-state index in [-0.39, 0.29) is 18.1 Å². The van der Waals surface area contributed by atoms with E-state index in [2.05, 4.69) is 18.7 Å². The molecule has 4 nitrogen and oxygen atoms in total. The molecule has 17 heavy (non-hydrogen) atoms. The third-order valence-electron chi connectivity index (χ3n) is 3.28. The van der Waals surface area contributed by atoms with Crippen LogP contribution in [-0.4, -0.2) is 42.6 Å². The molecular weight excluding hydrogens is 216 g/mol. The summed E-state index contributed by atoms with van der Waals surface area (Å²) in [4.78, 5) is 14.1. The van der Waals surface area contributed by atoms with Crippen LogP contribution in [0.1, 0.15) is 40.0 Å². The van der Waals surface area contributed by atoms with Gasteiger partial charge in [-0.1, -0.05) is 20.3 Å². The molecule has 1 fully saturated rings. The topological polar surface area (TPSA) is 55.6 Å². The fourth-order valence-corrected chi connectivity index (χ4v) is 2.66. The molecule has 0 aromatic rings. The summed E-state index contributed by atoms with van der Waals surface area (Å²) in [5.74, 6) is 0.475. The van der Waals surface area contributed by atoms with Gasteiger partial charge in [-0.3, -0.25) is 9.69 Å². The van der Waals surface area contributed by atoms with Crippen molar-refractivity contribution in [3.05, 3.63) is 0 Å². The Morgan fingerprint density at radius 3 is 2.71 bits per heavy atom. The molecule has 4 heteroatoms. The average molecular weight is 242 g/mol. The number of nitrogens with two attached hydrogens (primary N) is 1. The van der Waals surface area contributed by atoms with Crippen molar-refractivity contribution in [3.8, 4) is 0 Å². The van der Waals surface area contributed by atoms with Crippen LogP contribution in [0.4, 0.5) is 0 Å². The molecule has 0 saturated carbocycles. The van der Waals surface area contributed by atoms with E-state index in [1.165, 1.54) is 0 Å². The third-order valence-corrected chi connectivity index (χ3v) is 3.28. The summed E-state index contributed by atoms with van der Waals surface area (Å²) in [7, 11) is 0. The number of rotatable bonds is 5. The zero-order valence-electron chi connectivity index (χ0n) is 11.3. The van der Waals surface area contributed by atoms with Crippen LogP contribution in [0.25, 0.3) is 0 Å². The first kappa shape index (κ1) is 14.5. The van der Waals surface area contributed by atoms with Gasteiger partial charge in [0, 0.05) is 19.1 Å². The van der Waals surface area contributed by atoms with E-state index in [0.29, 0.717) is 12.5 Å².